The summed E-state index contributed by atoms with van der Waals surface area (Å²) in [4.78, 5) is 21.2. The van der Waals surface area contributed by atoms with E-state index in [9.17, 15) is 9.90 Å². The molecule has 1 aromatic heterocycles. The van der Waals surface area contributed by atoms with Crippen molar-refractivity contribution in [3.05, 3.63) is 66.0 Å². The fourth-order valence-electron chi connectivity index (χ4n) is 3.25. The second-order valence-electron chi connectivity index (χ2n) is 6.79. The van der Waals surface area contributed by atoms with Gasteiger partial charge in [0.05, 0.1) is 5.56 Å². The summed E-state index contributed by atoms with van der Waals surface area (Å²) < 4.78 is 0. The molecule has 0 saturated carbocycles. The summed E-state index contributed by atoms with van der Waals surface area (Å²) in [5.41, 5.74) is 7.05. The molecule has 27 heavy (non-hydrogen) atoms. The number of nitrogens with two attached hydrogens (primary N) is 1. The van der Waals surface area contributed by atoms with E-state index in [1.807, 2.05) is 18.5 Å². The summed E-state index contributed by atoms with van der Waals surface area (Å²) in [5.74, 6) is 0.783. The molecule has 1 fully saturated rings. The number of hydrogen-bond donors (Lipinski definition) is 2. The van der Waals surface area contributed by atoms with Gasteiger partial charge in [0.15, 0.2) is 5.78 Å². The topological polar surface area (TPSA) is 82.7 Å². The Morgan fingerprint density at radius 2 is 2.11 bits per heavy atom. The van der Waals surface area contributed by atoms with Crippen LogP contribution in [-0.2, 0) is 6.42 Å². The predicted octanol–water partition coefficient (Wildman–Crippen LogP) is 2.20. The van der Waals surface area contributed by atoms with E-state index in [2.05, 4.69) is 27.8 Å². The Hall–Kier alpha value is -2.86. The monoisotopic (exact) mass is 366 g/mol. The van der Waals surface area contributed by atoms with Crippen LogP contribution in [0.25, 0.3) is 0 Å². The number of anilines is 1. The van der Waals surface area contributed by atoms with Crippen LogP contribution in [0.2, 0.25) is 0 Å². The Morgan fingerprint density at radius 3 is 2.78 bits per heavy atom. The maximum atomic E-state index is 12.3. The third-order valence-electron chi connectivity index (χ3n) is 4.83. The number of pyridine rings is 1. The number of rotatable bonds is 6. The summed E-state index contributed by atoms with van der Waals surface area (Å²) in [6.07, 6.45) is 6.09. The summed E-state index contributed by atoms with van der Waals surface area (Å²) in [7, 11) is 0. The van der Waals surface area contributed by atoms with Gasteiger partial charge in [-0.25, -0.2) is 4.98 Å². The molecule has 6 heteroatoms. The summed E-state index contributed by atoms with van der Waals surface area (Å²) >= 11 is 0. The van der Waals surface area contributed by atoms with Gasteiger partial charge in [-0.1, -0.05) is 18.2 Å². The van der Waals surface area contributed by atoms with E-state index in [0.29, 0.717) is 12.1 Å². The predicted molar refractivity (Wildman–Crippen MR) is 107 cm³/mol. The average Bonchev–Trinajstić information content (AvgIpc) is 2.68. The Labute approximate surface area is 159 Å². The lowest BCUT2D eigenvalue weighted by atomic mass is 10.1. The zero-order chi connectivity index (χ0) is 19.2. The van der Waals surface area contributed by atoms with E-state index in [4.69, 9.17) is 5.73 Å². The maximum Gasteiger partial charge on any atom is 0.190 e. The number of hydrogen-bond acceptors (Lipinski definition) is 6. The number of carbonyl (C=O) groups excluding carboxylic acids is 1. The van der Waals surface area contributed by atoms with Gasteiger partial charge < -0.3 is 20.6 Å². The highest BCUT2D eigenvalue weighted by Crippen LogP contribution is 2.19. The van der Waals surface area contributed by atoms with Gasteiger partial charge in [-0.2, -0.15) is 0 Å². The molecular formula is C21H26N4O2. The van der Waals surface area contributed by atoms with Crippen molar-refractivity contribution in [1.29, 1.82) is 0 Å². The Bertz CT molecular complexity index is 804. The molecule has 0 amide bonds. The smallest absolute Gasteiger partial charge is 0.190 e. The Balaban J connectivity index is 1.60. The van der Waals surface area contributed by atoms with Crippen molar-refractivity contribution < 1.29 is 9.90 Å². The number of carbonyl (C=O) groups is 1. The SMILES string of the molecule is C[C@H]1CN(c2ccc(CCN)cn2)CCN1/C=C/C(=O)c1ccccc1O. The second-order valence-corrected chi connectivity index (χ2v) is 6.79. The van der Waals surface area contributed by atoms with Crippen LogP contribution in [0.3, 0.4) is 0 Å². The molecule has 2 heterocycles. The van der Waals surface area contributed by atoms with Crippen molar-refractivity contribution >= 4 is 11.6 Å². The lowest BCUT2D eigenvalue weighted by Gasteiger charge is -2.40. The van der Waals surface area contributed by atoms with E-state index < -0.39 is 0 Å². The van der Waals surface area contributed by atoms with E-state index >= 15 is 0 Å². The number of phenolic OH excluding ortho intramolecular Hbond substituents is 1. The first-order valence-electron chi connectivity index (χ1n) is 9.24. The van der Waals surface area contributed by atoms with Crippen LogP contribution in [0, 0.1) is 0 Å². The third kappa shape index (κ3) is 4.65. The molecule has 1 aliphatic heterocycles. The Morgan fingerprint density at radius 1 is 1.30 bits per heavy atom. The average molecular weight is 366 g/mol. The lowest BCUT2D eigenvalue weighted by molar-refractivity contribution is 0.104. The van der Waals surface area contributed by atoms with Crippen molar-refractivity contribution in [2.45, 2.75) is 19.4 Å². The van der Waals surface area contributed by atoms with Crippen molar-refractivity contribution in [2.24, 2.45) is 5.73 Å². The number of piperazine rings is 1. The minimum atomic E-state index is -0.195. The third-order valence-corrected chi connectivity index (χ3v) is 4.83. The van der Waals surface area contributed by atoms with Gasteiger partial charge in [-0.15, -0.1) is 0 Å². The van der Waals surface area contributed by atoms with Crippen molar-refractivity contribution in [3.63, 3.8) is 0 Å². The van der Waals surface area contributed by atoms with Crippen LogP contribution in [0.15, 0.2) is 54.9 Å². The number of allylic oxidation sites excluding steroid dienone is 1. The minimum Gasteiger partial charge on any atom is -0.507 e. The van der Waals surface area contributed by atoms with Crippen LogP contribution in [-0.4, -0.2) is 53.0 Å². The number of benzene rings is 1. The summed E-state index contributed by atoms with van der Waals surface area (Å²) in [6.45, 7) is 5.23. The quantitative estimate of drug-likeness (QED) is 0.602. The maximum absolute atomic E-state index is 12.3. The van der Waals surface area contributed by atoms with Gasteiger partial charge >= 0.3 is 0 Å². The highest BCUT2D eigenvalue weighted by molar-refractivity contribution is 6.06. The fraction of sp³-hybridized carbons (Fsp3) is 0.333. The number of nitrogens with zero attached hydrogens (tertiary/aromatic N) is 3. The zero-order valence-corrected chi connectivity index (χ0v) is 15.6. The van der Waals surface area contributed by atoms with Crippen LogP contribution in [0.4, 0.5) is 5.82 Å². The van der Waals surface area contributed by atoms with Gasteiger partial charge in [-0.05, 0) is 43.7 Å². The van der Waals surface area contributed by atoms with Crippen LogP contribution in [0.5, 0.6) is 5.75 Å². The van der Waals surface area contributed by atoms with Gasteiger partial charge in [0.25, 0.3) is 0 Å². The molecule has 0 unspecified atom stereocenters. The van der Waals surface area contributed by atoms with Crippen molar-refractivity contribution in [3.8, 4) is 5.75 Å². The highest BCUT2D eigenvalue weighted by Gasteiger charge is 2.22. The van der Waals surface area contributed by atoms with Crippen molar-refractivity contribution in [2.75, 3.05) is 31.1 Å². The molecule has 0 bridgehead atoms. The normalized spacial score (nSPS) is 17.5. The molecular weight excluding hydrogens is 340 g/mol. The first-order chi connectivity index (χ1) is 13.1. The number of para-hydroxylation sites is 1. The molecule has 3 rings (SSSR count). The molecule has 2 aromatic rings. The number of phenols is 1. The van der Waals surface area contributed by atoms with Gasteiger partial charge in [0.2, 0.25) is 0 Å². The molecule has 3 N–H and O–H groups in total. The van der Waals surface area contributed by atoms with E-state index in [1.165, 1.54) is 12.1 Å². The highest BCUT2D eigenvalue weighted by atomic mass is 16.3. The standard InChI is InChI=1S/C21H26N4O2/c1-16-15-25(21-7-6-17(8-10-22)14-23-21)13-12-24(16)11-9-20(27)18-4-2-3-5-19(18)26/h2-7,9,11,14,16,26H,8,10,12-13,15,22H2,1H3/b11-9+/t16-/m0/s1. The van der Waals surface area contributed by atoms with Gasteiger partial charge in [0.1, 0.15) is 11.6 Å². The van der Waals surface area contributed by atoms with Gasteiger partial charge in [0, 0.05) is 44.1 Å². The fourth-order valence-corrected chi connectivity index (χ4v) is 3.25. The number of ketones is 1. The molecule has 1 saturated heterocycles. The second kappa shape index (κ2) is 8.68. The lowest BCUT2D eigenvalue weighted by Crippen LogP contribution is -2.50. The van der Waals surface area contributed by atoms with Crippen LogP contribution in [0.1, 0.15) is 22.8 Å². The zero-order valence-electron chi connectivity index (χ0n) is 15.6. The number of aromatic hydroxyl groups is 1. The number of aromatic nitrogens is 1. The molecule has 6 nitrogen and oxygen atoms in total. The largest absolute Gasteiger partial charge is 0.507 e. The first kappa shape index (κ1) is 18.9. The van der Waals surface area contributed by atoms with Crippen molar-refractivity contribution in [1.82, 2.24) is 9.88 Å². The molecule has 0 aliphatic carbocycles. The molecule has 142 valence electrons. The molecule has 1 aromatic carbocycles. The first-order valence-corrected chi connectivity index (χ1v) is 9.24. The Kier molecular flexibility index (Phi) is 6.08. The summed E-state index contributed by atoms with van der Waals surface area (Å²) in [6, 6.07) is 11.0. The molecule has 0 radical (unpaired) electrons. The molecule has 1 aliphatic rings. The molecule has 1 atom stereocenters. The van der Waals surface area contributed by atoms with E-state index in [1.54, 1.807) is 18.2 Å². The van der Waals surface area contributed by atoms with Gasteiger partial charge in [-0.3, -0.25) is 4.79 Å². The summed E-state index contributed by atoms with van der Waals surface area (Å²) in [5, 5.41) is 9.79. The van der Waals surface area contributed by atoms with E-state index in [0.717, 1.165) is 37.4 Å². The van der Waals surface area contributed by atoms with E-state index in [-0.39, 0.29) is 17.6 Å². The molecule has 0 spiro atoms. The van der Waals surface area contributed by atoms with Crippen LogP contribution >= 0.6 is 0 Å². The van der Waals surface area contributed by atoms with Crippen LogP contribution < -0.4 is 10.6 Å². The minimum absolute atomic E-state index is 0.00849.